The Kier molecular flexibility index (Phi) is 7.23. The molecule has 0 aromatic carbocycles. The van der Waals surface area contributed by atoms with Crippen molar-refractivity contribution in [1.82, 2.24) is 25.4 Å². The summed E-state index contributed by atoms with van der Waals surface area (Å²) in [6.07, 6.45) is 3.03. The van der Waals surface area contributed by atoms with Crippen molar-refractivity contribution < 1.29 is 4.74 Å². The maximum Gasteiger partial charge on any atom is 0.191 e. The van der Waals surface area contributed by atoms with Gasteiger partial charge in [0.25, 0.3) is 0 Å². The van der Waals surface area contributed by atoms with Gasteiger partial charge in [-0.1, -0.05) is 13.0 Å². The van der Waals surface area contributed by atoms with Crippen molar-refractivity contribution >= 4 is 17.3 Å². The smallest absolute Gasteiger partial charge is 0.191 e. The molecule has 0 saturated carbocycles. The minimum Gasteiger partial charge on any atom is -0.377 e. The molecule has 0 radical (unpaired) electrons. The zero-order valence-corrected chi connectivity index (χ0v) is 17.3. The van der Waals surface area contributed by atoms with Crippen molar-refractivity contribution in [3.63, 3.8) is 0 Å². The third-order valence-corrected chi connectivity index (χ3v) is 5.45. The highest BCUT2D eigenvalue weighted by molar-refractivity contribution is 7.09. The molecule has 2 N–H and O–H groups in total. The Balaban J connectivity index is 1.55. The summed E-state index contributed by atoms with van der Waals surface area (Å²) in [5.74, 6) is 3.22. The predicted molar refractivity (Wildman–Crippen MR) is 109 cm³/mol. The van der Waals surface area contributed by atoms with Crippen molar-refractivity contribution in [3.05, 3.63) is 34.0 Å². The van der Waals surface area contributed by atoms with Gasteiger partial charge in [0.1, 0.15) is 12.4 Å². The summed E-state index contributed by atoms with van der Waals surface area (Å²) in [6.45, 7) is 7.29. The summed E-state index contributed by atoms with van der Waals surface area (Å²) < 4.78 is 7.14. The minimum absolute atomic E-state index is 0.306. The van der Waals surface area contributed by atoms with Crippen molar-refractivity contribution in [2.45, 2.75) is 52.3 Å². The molecular formula is C19H30N6OS. The van der Waals surface area contributed by atoms with E-state index in [1.165, 1.54) is 4.88 Å². The number of hydrogen-bond acceptors (Lipinski definition) is 5. The van der Waals surface area contributed by atoms with Crippen LogP contribution < -0.4 is 10.6 Å². The number of aromatic nitrogens is 3. The van der Waals surface area contributed by atoms with Crippen LogP contribution in [-0.4, -0.2) is 47.0 Å². The van der Waals surface area contributed by atoms with Crippen molar-refractivity contribution in [2.24, 2.45) is 10.9 Å². The first-order valence-electron chi connectivity index (χ1n) is 9.66. The van der Waals surface area contributed by atoms with Crippen LogP contribution in [0.5, 0.6) is 0 Å². The van der Waals surface area contributed by atoms with Gasteiger partial charge in [0.05, 0.1) is 6.54 Å². The molecule has 3 rings (SSSR count). The van der Waals surface area contributed by atoms with Crippen LogP contribution in [-0.2, 0) is 30.7 Å². The molecule has 2 atom stereocenters. The second-order valence-corrected chi connectivity index (χ2v) is 8.08. The summed E-state index contributed by atoms with van der Waals surface area (Å²) >= 11 is 1.82. The molecule has 0 bridgehead atoms. The van der Waals surface area contributed by atoms with Crippen LogP contribution in [0.1, 0.15) is 36.8 Å². The number of fused-ring (bicyclic) bond motifs is 1. The third-order valence-electron chi connectivity index (χ3n) is 4.55. The van der Waals surface area contributed by atoms with Gasteiger partial charge in [0.2, 0.25) is 0 Å². The minimum atomic E-state index is 0.306. The predicted octanol–water partition coefficient (Wildman–Crippen LogP) is 2.23. The fourth-order valence-corrected chi connectivity index (χ4v) is 4.14. The Morgan fingerprint density at radius 2 is 2.41 bits per heavy atom. The van der Waals surface area contributed by atoms with Gasteiger partial charge in [-0.2, -0.15) is 5.10 Å². The molecule has 2 aromatic heterocycles. The maximum atomic E-state index is 5.14. The van der Waals surface area contributed by atoms with E-state index in [9.17, 15) is 0 Å². The number of methoxy groups -OCH3 is 1. The standard InChI is InChI=1S/C19H30N6OS/c1-4-20-19(21-11-14(2)10-16-6-5-9-27-16)22-15-7-8-18-23-17(13-26-3)24-25(18)12-15/h5-6,9,14-15H,4,7-8,10-13H2,1-3H3,(H2,20,21,22). The number of nitrogens with one attached hydrogen (secondary N) is 2. The Labute approximate surface area is 165 Å². The fraction of sp³-hybridized carbons (Fsp3) is 0.632. The molecule has 0 amide bonds. The molecule has 0 aliphatic carbocycles. The lowest BCUT2D eigenvalue weighted by atomic mass is 10.1. The number of nitrogens with zero attached hydrogens (tertiary/aromatic N) is 4. The second kappa shape index (κ2) is 9.85. The molecule has 0 saturated heterocycles. The maximum absolute atomic E-state index is 5.14. The highest BCUT2D eigenvalue weighted by Gasteiger charge is 2.22. The number of guanidine groups is 1. The zero-order chi connectivity index (χ0) is 19.1. The van der Waals surface area contributed by atoms with E-state index in [-0.39, 0.29) is 0 Å². The molecule has 0 fully saturated rings. The quantitative estimate of drug-likeness (QED) is 0.534. The molecule has 1 aliphatic rings. The Morgan fingerprint density at radius 1 is 1.52 bits per heavy atom. The molecule has 148 valence electrons. The fourth-order valence-electron chi connectivity index (χ4n) is 3.27. The summed E-state index contributed by atoms with van der Waals surface area (Å²) in [6, 6.07) is 4.62. The van der Waals surface area contributed by atoms with E-state index in [2.05, 4.69) is 52.1 Å². The molecule has 8 heteroatoms. The molecular weight excluding hydrogens is 360 g/mol. The summed E-state index contributed by atoms with van der Waals surface area (Å²) in [5.41, 5.74) is 0. The number of thiophene rings is 1. The van der Waals surface area contributed by atoms with Gasteiger partial charge in [0, 0.05) is 37.5 Å². The van der Waals surface area contributed by atoms with Crippen LogP contribution in [0.4, 0.5) is 0 Å². The van der Waals surface area contributed by atoms with E-state index in [1.807, 2.05) is 16.0 Å². The highest BCUT2D eigenvalue weighted by atomic mass is 32.1. The number of rotatable bonds is 8. The van der Waals surface area contributed by atoms with Crippen LogP contribution in [0.15, 0.2) is 22.5 Å². The number of aliphatic imine (C=N–C) groups is 1. The Morgan fingerprint density at radius 3 is 3.15 bits per heavy atom. The van der Waals surface area contributed by atoms with Gasteiger partial charge < -0.3 is 15.4 Å². The van der Waals surface area contributed by atoms with E-state index < -0.39 is 0 Å². The first kappa shape index (κ1) is 19.8. The third kappa shape index (κ3) is 5.77. The number of ether oxygens (including phenoxy) is 1. The lowest BCUT2D eigenvalue weighted by Crippen LogP contribution is -2.47. The highest BCUT2D eigenvalue weighted by Crippen LogP contribution is 2.15. The summed E-state index contributed by atoms with van der Waals surface area (Å²) in [5, 5.41) is 13.6. The van der Waals surface area contributed by atoms with Gasteiger partial charge in [-0.05, 0) is 37.1 Å². The molecule has 0 spiro atoms. The summed E-state index contributed by atoms with van der Waals surface area (Å²) in [7, 11) is 1.67. The van der Waals surface area contributed by atoms with E-state index in [1.54, 1.807) is 7.11 Å². The van der Waals surface area contributed by atoms with Crippen LogP contribution >= 0.6 is 11.3 Å². The average molecular weight is 391 g/mol. The zero-order valence-electron chi connectivity index (χ0n) is 16.4. The van der Waals surface area contributed by atoms with Crippen LogP contribution in [0.3, 0.4) is 0 Å². The molecule has 7 nitrogen and oxygen atoms in total. The van der Waals surface area contributed by atoms with Gasteiger partial charge in [-0.25, -0.2) is 9.67 Å². The van der Waals surface area contributed by atoms with Crippen molar-refractivity contribution in [2.75, 3.05) is 20.2 Å². The SMILES string of the molecule is CCNC(=NCC(C)Cc1cccs1)NC1CCc2nc(COC)nn2C1. The van der Waals surface area contributed by atoms with Crippen LogP contribution in [0, 0.1) is 5.92 Å². The number of aryl methyl sites for hydroxylation is 1. The van der Waals surface area contributed by atoms with Crippen molar-refractivity contribution in [1.29, 1.82) is 0 Å². The van der Waals surface area contributed by atoms with Gasteiger partial charge >= 0.3 is 0 Å². The molecule has 1 aliphatic heterocycles. The largest absolute Gasteiger partial charge is 0.377 e. The van der Waals surface area contributed by atoms with E-state index in [0.717, 1.165) is 56.5 Å². The Hall–Kier alpha value is -1.93. The van der Waals surface area contributed by atoms with Gasteiger partial charge in [-0.15, -0.1) is 11.3 Å². The Bertz CT molecular complexity index is 727. The van der Waals surface area contributed by atoms with Crippen LogP contribution in [0.2, 0.25) is 0 Å². The van der Waals surface area contributed by atoms with Crippen molar-refractivity contribution in [3.8, 4) is 0 Å². The van der Waals surface area contributed by atoms with Crippen LogP contribution in [0.25, 0.3) is 0 Å². The van der Waals surface area contributed by atoms with Gasteiger partial charge in [-0.3, -0.25) is 4.99 Å². The van der Waals surface area contributed by atoms with E-state index in [0.29, 0.717) is 18.6 Å². The molecule has 3 heterocycles. The first-order valence-corrected chi connectivity index (χ1v) is 10.5. The normalized spacial score (nSPS) is 18.2. The van der Waals surface area contributed by atoms with E-state index in [4.69, 9.17) is 9.73 Å². The number of hydrogen-bond donors (Lipinski definition) is 2. The topological polar surface area (TPSA) is 76.4 Å². The molecule has 2 unspecified atom stereocenters. The molecule has 2 aromatic rings. The monoisotopic (exact) mass is 390 g/mol. The average Bonchev–Trinajstić information content (AvgIpc) is 3.29. The van der Waals surface area contributed by atoms with E-state index >= 15 is 0 Å². The lowest BCUT2D eigenvalue weighted by molar-refractivity contribution is 0.177. The first-order chi connectivity index (χ1) is 13.2. The second-order valence-electron chi connectivity index (χ2n) is 7.05. The lowest BCUT2D eigenvalue weighted by Gasteiger charge is -2.25. The summed E-state index contributed by atoms with van der Waals surface area (Å²) in [4.78, 5) is 10.8. The van der Waals surface area contributed by atoms with Gasteiger partial charge in [0.15, 0.2) is 11.8 Å². The molecule has 27 heavy (non-hydrogen) atoms.